The number of H-pyrrole nitrogens is 1. The number of nitrogens with zero attached hydrogens (tertiary/aromatic N) is 1. The Morgan fingerprint density at radius 2 is 1.90 bits per heavy atom. The fourth-order valence-corrected chi connectivity index (χ4v) is 5.22. The van der Waals surface area contributed by atoms with E-state index >= 15 is 0 Å². The van der Waals surface area contributed by atoms with Gasteiger partial charge in [0.15, 0.2) is 0 Å². The van der Waals surface area contributed by atoms with Crippen molar-refractivity contribution in [2.45, 2.75) is 50.2 Å². The molecule has 10 heteroatoms. The largest absolute Gasteiger partial charge is 0.463 e. The number of hydrogen-bond acceptors (Lipinski definition) is 5. The Bertz CT molecular complexity index is 1040. The molecule has 2 N–H and O–H groups in total. The second-order valence-electron chi connectivity index (χ2n) is 7.65. The summed E-state index contributed by atoms with van der Waals surface area (Å²) in [5, 5.41) is 3.16. The van der Waals surface area contributed by atoms with Crippen LogP contribution in [0.5, 0.6) is 0 Å². The van der Waals surface area contributed by atoms with Crippen molar-refractivity contribution < 1.29 is 22.7 Å². The van der Waals surface area contributed by atoms with Crippen LogP contribution >= 0.6 is 11.6 Å². The Labute approximate surface area is 187 Å². The molecule has 0 radical (unpaired) electrons. The summed E-state index contributed by atoms with van der Waals surface area (Å²) in [6, 6.07) is 7.45. The molecule has 1 fully saturated rings. The van der Waals surface area contributed by atoms with Crippen molar-refractivity contribution in [1.82, 2.24) is 14.6 Å². The maximum absolute atomic E-state index is 12.9. The molecule has 1 aliphatic rings. The normalized spacial score (nSPS) is 15.7. The average Bonchev–Trinajstić information content (AvgIpc) is 3.40. The molecule has 1 unspecified atom stereocenters. The summed E-state index contributed by atoms with van der Waals surface area (Å²) in [4.78, 5) is 27.9. The minimum Gasteiger partial charge on any atom is -0.463 e. The molecule has 1 saturated heterocycles. The van der Waals surface area contributed by atoms with Crippen molar-refractivity contribution in [2.24, 2.45) is 0 Å². The average molecular weight is 468 g/mol. The molecule has 3 rings (SSSR count). The number of aromatic nitrogens is 1. The van der Waals surface area contributed by atoms with Gasteiger partial charge < -0.3 is 15.0 Å². The molecule has 1 atom stereocenters. The van der Waals surface area contributed by atoms with Crippen LogP contribution in [0.25, 0.3) is 0 Å². The van der Waals surface area contributed by atoms with Gasteiger partial charge in [0, 0.05) is 24.3 Å². The summed E-state index contributed by atoms with van der Waals surface area (Å²) in [5.74, 6) is -1.03. The number of carbonyl (C=O) groups excluding carboxylic acids is 2. The summed E-state index contributed by atoms with van der Waals surface area (Å²) < 4.78 is 32.0. The van der Waals surface area contributed by atoms with Gasteiger partial charge in [0.1, 0.15) is 10.6 Å². The first-order chi connectivity index (χ1) is 14.7. The van der Waals surface area contributed by atoms with Crippen LogP contribution in [0.4, 0.5) is 0 Å². The standard InChI is InChI=1S/C21H26ClN3O5S/c1-14(2)30-20(26)12-18(16-7-3-4-8-17(16)22)24-21(27)19-11-15(13-23-19)31(28,29)25-9-5-6-10-25/h3-4,7-8,11,13-14,18,23H,5-6,9-10,12H2,1-2H3,(H,24,27). The second-order valence-corrected chi connectivity index (χ2v) is 10.00. The highest BCUT2D eigenvalue weighted by Gasteiger charge is 2.29. The van der Waals surface area contributed by atoms with Crippen LogP contribution in [0.3, 0.4) is 0 Å². The third-order valence-corrected chi connectivity index (χ3v) is 7.15. The minimum atomic E-state index is -3.64. The van der Waals surface area contributed by atoms with Crippen LogP contribution in [0.15, 0.2) is 41.4 Å². The number of hydrogen-bond donors (Lipinski definition) is 2. The molecule has 2 aromatic rings. The fourth-order valence-electron chi connectivity index (χ4n) is 3.44. The molecule has 0 spiro atoms. The van der Waals surface area contributed by atoms with Crippen LogP contribution in [0.1, 0.15) is 55.2 Å². The fraction of sp³-hybridized carbons (Fsp3) is 0.429. The molecular weight excluding hydrogens is 442 g/mol. The maximum Gasteiger partial charge on any atom is 0.308 e. The SMILES string of the molecule is CC(C)OC(=O)CC(NC(=O)c1cc(S(=O)(=O)N2CCCC2)c[nH]1)c1ccccc1Cl. The quantitative estimate of drug-likeness (QED) is 0.579. The Morgan fingerprint density at radius 3 is 2.55 bits per heavy atom. The van der Waals surface area contributed by atoms with Crippen LogP contribution < -0.4 is 5.32 Å². The van der Waals surface area contributed by atoms with Gasteiger partial charge in [-0.1, -0.05) is 29.8 Å². The smallest absolute Gasteiger partial charge is 0.308 e. The van der Waals surface area contributed by atoms with E-state index in [2.05, 4.69) is 10.3 Å². The first-order valence-corrected chi connectivity index (χ1v) is 11.9. The number of carbonyl (C=O) groups is 2. The molecule has 1 aliphatic heterocycles. The molecule has 1 aromatic carbocycles. The Balaban J connectivity index is 1.80. The van der Waals surface area contributed by atoms with E-state index in [-0.39, 0.29) is 23.1 Å². The first-order valence-electron chi connectivity index (χ1n) is 10.1. The van der Waals surface area contributed by atoms with Crippen LogP contribution in [0.2, 0.25) is 5.02 Å². The van der Waals surface area contributed by atoms with Crippen LogP contribution in [-0.2, 0) is 19.6 Å². The lowest BCUT2D eigenvalue weighted by atomic mass is 10.0. The lowest BCUT2D eigenvalue weighted by Gasteiger charge is -2.20. The summed E-state index contributed by atoms with van der Waals surface area (Å²) in [6.07, 6.45) is 2.54. The third kappa shape index (κ3) is 5.66. The summed E-state index contributed by atoms with van der Waals surface area (Å²) >= 11 is 6.28. The highest BCUT2D eigenvalue weighted by Crippen LogP contribution is 2.27. The van der Waals surface area contributed by atoms with Gasteiger partial charge >= 0.3 is 5.97 Å². The van der Waals surface area contributed by atoms with Gasteiger partial charge in [0.25, 0.3) is 5.91 Å². The number of amides is 1. The van der Waals surface area contributed by atoms with Crippen molar-refractivity contribution in [2.75, 3.05) is 13.1 Å². The molecule has 1 amide bonds. The molecule has 0 saturated carbocycles. The molecule has 31 heavy (non-hydrogen) atoms. The predicted molar refractivity (Wildman–Crippen MR) is 116 cm³/mol. The van der Waals surface area contributed by atoms with Crippen LogP contribution in [-0.4, -0.2) is 48.8 Å². The highest BCUT2D eigenvalue weighted by molar-refractivity contribution is 7.89. The molecule has 0 aliphatic carbocycles. The van der Waals surface area contributed by atoms with E-state index in [4.69, 9.17) is 16.3 Å². The first kappa shape index (κ1) is 23.3. The highest BCUT2D eigenvalue weighted by atomic mass is 35.5. The van der Waals surface area contributed by atoms with E-state index < -0.39 is 27.9 Å². The zero-order valence-corrected chi connectivity index (χ0v) is 19.0. The predicted octanol–water partition coefficient (Wildman–Crippen LogP) is 3.27. The lowest BCUT2D eigenvalue weighted by Crippen LogP contribution is -2.31. The van der Waals surface area contributed by atoms with Gasteiger partial charge in [0.2, 0.25) is 10.0 Å². The number of esters is 1. The Hall–Kier alpha value is -2.36. The van der Waals surface area contributed by atoms with Crippen molar-refractivity contribution in [1.29, 1.82) is 0 Å². The molecule has 0 bridgehead atoms. The number of sulfonamides is 1. The summed E-state index contributed by atoms with van der Waals surface area (Å²) in [5.41, 5.74) is 0.641. The second kappa shape index (κ2) is 9.84. The maximum atomic E-state index is 12.9. The van der Waals surface area contributed by atoms with Gasteiger partial charge in [-0.2, -0.15) is 4.31 Å². The van der Waals surface area contributed by atoms with Crippen LogP contribution in [0, 0.1) is 0 Å². The zero-order chi connectivity index (χ0) is 22.6. The van der Waals surface area contributed by atoms with Gasteiger partial charge in [-0.25, -0.2) is 8.42 Å². The molecule has 8 nitrogen and oxygen atoms in total. The number of aromatic amines is 1. The van der Waals surface area contributed by atoms with Gasteiger partial charge in [0.05, 0.1) is 18.6 Å². The van der Waals surface area contributed by atoms with Crippen molar-refractivity contribution in [3.63, 3.8) is 0 Å². The van der Waals surface area contributed by atoms with E-state index in [0.717, 1.165) is 12.8 Å². The number of halogens is 1. The summed E-state index contributed by atoms with van der Waals surface area (Å²) in [7, 11) is -3.64. The molecule has 168 valence electrons. The summed E-state index contributed by atoms with van der Waals surface area (Å²) in [6.45, 7) is 4.42. The van der Waals surface area contributed by atoms with E-state index in [1.54, 1.807) is 38.1 Å². The van der Waals surface area contributed by atoms with Gasteiger partial charge in [-0.05, 0) is 44.4 Å². The van der Waals surface area contributed by atoms with E-state index in [1.165, 1.54) is 16.6 Å². The Morgan fingerprint density at radius 1 is 1.23 bits per heavy atom. The zero-order valence-electron chi connectivity index (χ0n) is 17.4. The van der Waals surface area contributed by atoms with Crippen molar-refractivity contribution in [3.05, 3.63) is 52.8 Å². The third-order valence-electron chi connectivity index (χ3n) is 4.93. The topological polar surface area (TPSA) is 109 Å². The number of nitrogens with one attached hydrogen (secondary N) is 2. The van der Waals surface area contributed by atoms with Crippen molar-refractivity contribution in [3.8, 4) is 0 Å². The van der Waals surface area contributed by atoms with Gasteiger partial charge in [-0.3, -0.25) is 9.59 Å². The van der Waals surface area contributed by atoms with Gasteiger partial charge in [-0.15, -0.1) is 0 Å². The Kier molecular flexibility index (Phi) is 7.40. The molecular formula is C21H26ClN3O5S. The minimum absolute atomic E-state index is 0.0352. The van der Waals surface area contributed by atoms with E-state index in [9.17, 15) is 18.0 Å². The monoisotopic (exact) mass is 467 g/mol. The lowest BCUT2D eigenvalue weighted by molar-refractivity contribution is -0.147. The van der Waals surface area contributed by atoms with Crippen molar-refractivity contribution >= 4 is 33.5 Å². The molecule has 1 aromatic heterocycles. The number of rotatable bonds is 8. The van der Waals surface area contributed by atoms with E-state index in [0.29, 0.717) is 23.7 Å². The number of benzene rings is 1. The van der Waals surface area contributed by atoms with E-state index in [1.807, 2.05) is 0 Å². The number of ether oxygens (including phenoxy) is 1. The molecule has 2 heterocycles.